The maximum absolute atomic E-state index is 11.7. The fraction of sp³-hybridized carbons (Fsp3) is 0.533. The number of amides is 1. The van der Waals surface area contributed by atoms with Crippen LogP contribution in [0.1, 0.15) is 11.1 Å². The molecule has 1 aromatic rings. The normalized spacial score (nSPS) is 10.6. The highest BCUT2D eigenvalue weighted by molar-refractivity contribution is 8.00. The van der Waals surface area contributed by atoms with Gasteiger partial charge in [0.2, 0.25) is 5.91 Å². The van der Waals surface area contributed by atoms with Crippen LogP contribution >= 0.6 is 11.8 Å². The van der Waals surface area contributed by atoms with Crippen LogP contribution in [0.3, 0.4) is 0 Å². The molecule has 0 saturated heterocycles. The van der Waals surface area contributed by atoms with Crippen LogP contribution in [-0.2, 0) is 9.53 Å². The first kappa shape index (κ1) is 17.0. The average molecular weight is 296 g/mol. The Labute approximate surface area is 125 Å². The zero-order valence-corrected chi connectivity index (χ0v) is 13.3. The van der Waals surface area contributed by atoms with Crippen molar-refractivity contribution in [2.24, 2.45) is 0 Å². The Morgan fingerprint density at radius 3 is 2.75 bits per heavy atom. The number of methoxy groups -OCH3 is 1. The summed E-state index contributed by atoms with van der Waals surface area (Å²) in [5.41, 5.74) is 2.47. The first-order chi connectivity index (χ1) is 9.63. The van der Waals surface area contributed by atoms with Gasteiger partial charge in [-0.3, -0.25) is 4.79 Å². The summed E-state index contributed by atoms with van der Waals surface area (Å²) in [6, 6.07) is 6.29. The summed E-state index contributed by atoms with van der Waals surface area (Å²) in [4.78, 5) is 12.9. The lowest BCUT2D eigenvalue weighted by Gasteiger charge is -2.08. The molecule has 0 heterocycles. The molecule has 2 N–H and O–H groups in total. The Bertz CT molecular complexity index is 424. The van der Waals surface area contributed by atoms with E-state index in [0.717, 1.165) is 13.1 Å². The number of carbonyl (C=O) groups is 1. The molecule has 0 aliphatic rings. The van der Waals surface area contributed by atoms with E-state index in [2.05, 4.69) is 42.7 Å². The smallest absolute Gasteiger partial charge is 0.230 e. The van der Waals surface area contributed by atoms with Crippen molar-refractivity contribution in [2.45, 2.75) is 18.7 Å². The number of hydrogen-bond donors (Lipinski definition) is 2. The third-order valence-corrected chi connectivity index (χ3v) is 3.97. The lowest BCUT2D eigenvalue weighted by Crippen LogP contribution is -2.33. The molecule has 0 aliphatic heterocycles. The summed E-state index contributed by atoms with van der Waals surface area (Å²) in [5.74, 6) is 0.533. The highest BCUT2D eigenvalue weighted by atomic mass is 32.2. The average Bonchev–Trinajstić information content (AvgIpc) is 2.41. The van der Waals surface area contributed by atoms with Crippen molar-refractivity contribution in [2.75, 3.05) is 39.1 Å². The zero-order chi connectivity index (χ0) is 14.8. The van der Waals surface area contributed by atoms with E-state index in [9.17, 15) is 4.79 Å². The number of aryl methyl sites for hydroxylation is 2. The van der Waals surface area contributed by atoms with Crippen molar-refractivity contribution in [1.29, 1.82) is 0 Å². The summed E-state index contributed by atoms with van der Waals surface area (Å²) in [5, 5.41) is 6.08. The van der Waals surface area contributed by atoms with Crippen LogP contribution in [-0.4, -0.2) is 45.0 Å². The molecule has 0 fully saturated rings. The number of benzene rings is 1. The van der Waals surface area contributed by atoms with Crippen molar-refractivity contribution >= 4 is 17.7 Å². The zero-order valence-electron chi connectivity index (χ0n) is 12.5. The number of nitrogens with one attached hydrogen (secondary N) is 2. The fourth-order valence-electron chi connectivity index (χ4n) is 1.75. The van der Waals surface area contributed by atoms with Gasteiger partial charge in [0.1, 0.15) is 0 Å². The van der Waals surface area contributed by atoms with E-state index in [4.69, 9.17) is 4.74 Å². The molecule has 0 saturated carbocycles. The maximum atomic E-state index is 11.7. The molecule has 5 heteroatoms. The summed E-state index contributed by atoms with van der Waals surface area (Å²) in [6.45, 7) is 7.07. The van der Waals surface area contributed by atoms with Gasteiger partial charge in [0.15, 0.2) is 0 Å². The summed E-state index contributed by atoms with van der Waals surface area (Å²) in [6.07, 6.45) is 0. The standard InChI is InChI=1S/C15H24N2O2S/c1-12-4-5-14(13(2)10-12)20-11-15(18)17-7-6-16-8-9-19-3/h4-5,10,16H,6-9,11H2,1-3H3,(H,17,18). The van der Waals surface area contributed by atoms with Crippen molar-refractivity contribution in [1.82, 2.24) is 10.6 Å². The van der Waals surface area contributed by atoms with E-state index in [-0.39, 0.29) is 5.91 Å². The molecule has 0 radical (unpaired) electrons. The fourth-order valence-corrected chi connectivity index (χ4v) is 2.58. The van der Waals surface area contributed by atoms with Crippen molar-refractivity contribution in [3.8, 4) is 0 Å². The monoisotopic (exact) mass is 296 g/mol. The molecule has 0 atom stereocenters. The van der Waals surface area contributed by atoms with Crippen LogP contribution in [0.4, 0.5) is 0 Å². The van der Waals surface area contributed by atoms with Crippen LogP contribution < -0.4 is 10.6 Å². The lowest BCUT2D eigenvalue weighted by atomic mass is 10.2. The predicted molar refractivity (Wildman–Crippen MR) is 84.4 cm³/mol. The Morgan fingerprint density at radius 2 is 2.05 bits per heavy atom. The van der Waals surface area contributed by atoms with Crippen LogP contribution in [0, 0.1) is 13.8 Å². The van der Waals surface area contributed by atoms with E-state index in [1.54, 1.807) is 18.9 Å². The number of carbonyl (C=O) groups excluding carboxylic acids is 1. The van der Waals surface area contributed by atoms with Gasteiger partial charge < -0.3 is 15.4 Å². The topological polar surface area (TPSA) is 50.4 Å². The molecule has 112 valence electrons. The van der Waals surface area contributed by atoms with E-state index in [0.29, 0.717) is 18.9 Å². The number of ether oxygens (including phenoxy) is 1. The Kier molecular flexibility index (Phi) is 8.34. The molecule has 1 amide bonds. The van der Waals surface area contributed by atoms with Gasteiger partial charge in [0.05, 0.1) is 12.4 Å². The minimum absolute atomic E-state index is 0.0727. The number of thioether (sulfide) groups is 1. The van der Waals surface area contributed by atoms with Gasteiger partial charge in [-0.2, -0.15) is 0 Å². The molecule has 0 bridgehead atoms. The van der Waals surface area contributed by atoms with Crippen molar-refractivity contribution in [3.05, 3.63) is 29.3 Å². The largest absolute Gasteiger partial charge is 0.383 e. The molecule has 4 nitrogen and oxygen atoms in total. The van der Waals surface area contributed by atoms with Crippen molar-refractivity contribution in [3.63, 3.8) is 0 Å². The number of hydrogen-bond acceptors (Lipinski definition) is 4. The van der Waals surface area contributed by atoms with Gasteiger partial charge in [-0.15, -0.1) is 11.8 Å². The molecule has 1 aromatic carbocycles. The second kappa shape index (κ2) is 9.80. The van der Waals surface area contributed by atoms with Gasteiger partial charge in [-0.05, 0) is 25.5 Å². The summed E-state index contributed by atoms with van der Waals surface area (Å²) < 4.78 is 4.92. The molecular weight excluding hydrogens is 272 g/mol. The van der Waals surface area contributed by atoms with Gasteiger partial charge >= 0.3 is 0 Å². The Morgan fingerprint density at radius 1 is 1.25 bits per heavy atom. The first-order valence-corrected chi connectivity index (χ1v) is 7.78. The highest BCUT2D eigenvalue weighted by Crippen LogP contribution is 2.22. The predicted octanol–water partition coefficient (Wildman–Crippen LogP) is 1.75. The molecule has 0 aromatic heterocycles. The van der Waals surface area contributed by atoms with Gasteiger partial charge in [-0.25, -0.2) is 0 Å². The van der Waals surface area contributed by atoms with Crippen LogP contribution in [0.2, 0.25) is 0 Å². The highest BCUT2D eigenvalue weighted by Gasteiger charge is 2.04. The second-order valence-corrected chi connectivity index (χ2v) is 5.67. The molecule has 0 spiro atoms. The molecule has 0 aliphatic carbocycles. The number of rotatable bonds is 9. The first-order valence-electron chi connectivity index (χ1n) is 6.80. The van der Waals surface area contributed by atoms with E-state index < -0.39 is 0 Å². The minimum atomic E-state index is 0.0727. The van der Waals surface area contributed by atoms with Gasteiger partial charge in [0, 0.05) is 31.6 Å². The Hall–Kier alpha value is -1.04. The van der Waals surface area contributed by atoms with Crippen LogP contribution in [0.25, 0.3) is 0 Å². The third kappa shape index (κ3) is 6.93. The lowest BCUT2D eigenvalue weighted by molar-refractivity contribution is -0.118. The molecule has 20 heavy (non-hydrogen) atoms. The second-order valence-electron chi connectivity index (χ2n) is 4.65. The van der Waals surface area contributed by atoms with Crippen molar-refractivity contribution < 1.29 is 9.53 Å². The Balaban J connectivity index is 2.16. The molecule has 0 unspecified atom stereocenters. The maximum Gasteiger partial charge on any atom is 0.230 e. The van der Waals surface area contributed by atoms with E-state index in [1.807, 2.05) is 0 Å². The molecule has 1 rings (SSSR count). The summed E-state index contributed by atoms with van der Waals surface area (Å²) in [7, 11) is 1.67. The third-order valence-electron chi connectivity index (χ3n) is 2.80. The SMILES string of the molecule is COCCNCCNC(=O)CSc1ccc(C)cc1C. The van der Waals surface area contributed by atoms with Crippen LogP contribution in [0.15, 0.2) is 23.1 Å². The minimum Gasteiger partial charge on any atom is -0.383 e. The van der Waals surface area contributed by atoms with Gasteiger partial charge in [-0.1, -0.05) is 17.7 Å². The molecular formula is C15H24N2O2S. The summed E-state index contributed by atoms with van der Waals surface area (Å²) >= 11 is 1.58. The van der Waals surface area contributed by atoms with E-state index in [1.165, 1.54) is 16.0 Å². The quantitative estimate of drug-likeness (QED) is 0.538. The van der Waals surface area contributed by atoms with Gasteiger partial charge in [0.25, 0.3) is 0 Å². The van der Waals surface area contributed by atoms with Crippen LogP contribution in [0.5, 0.6) is 0 Å². The van der Waals surface area contributed by atoms with E-state index >= 15 is 0 Å².